The molecule has 5 heteroatoms. The average molecular weight is 240 g/mol. The van der Waals surface area contributed by atoms with Gasteiger partial charge in [-0.1, -0.05) is 0 Å². The third-order valence-corrected chi connectivity index (χ3v) is 3.83. The highest BCUT2D eigenvalue weighted by molar-refractivity contribution is 7.13. The van der Waals surface area contributed by atoms with Crippen LogP contribution in [0.1, 0.15) is 19.5 Å². The Kier molecular flexibility index (Phi) is 3.19. The van der Waals surface area contributed by atoms with E-state index < -0.39 is 0 Å². The van der Waals surface area contributed by atoms with E-state index in [-0.39, 0.29) is 5.54 Å². The molecule has 0 unspecified atom stereocenters. The van der Waals surface area contributed by atoms with Crippen LogP contribution in [0.5, 0.6) is 0 Å². The molecule has 2 heterocycles. The highest BCUT2D eigenvalue weighted by Crippen LogP contribution is 2.26. The predicted octanol–water partition coefficient (Wildman–Crippen LogP) is 1.09. The molecule has 16 heavy (non-hydrogen) atoms. The lowest BCUT2D eigenvalue weighted by atomic mass is 10.0. The molecule has 1 aliphatic heterocycles. The second-order valence-electron chi connectivity index (χ2n) is 5.03. The molecular weight excluding hydrogens is 220 g/mol. The minimum absolute atomic E-state index is 0.332. The number of nitrogens with two attached hydrogens (primary N) is 1. The van der Waals surface area contributed by atoms with Crippen LogP contribution in [0, 0.1) is 0 Å². The van der Waals surface area contributed by atoms with Crippen molar-refractivity contribution in [2.24, 2.45) is 5.73 Å². The molecule has 0 aromatic carbocycles. The van der Waals surface area contributed by atoms with Crippen molar-refractivity contribution in [3.63, 3.8) is 0 Å². The van der Waals surface area contributed by atoms with Gasteiger partial charge in [0.15, 0.2) is 5.13 Å². The molecule has 0 spiro atoms. The molecule has 0 bridgehead atoms. The first-order valence-corrected chi connectivity index (χ1v) is 6.53. The molecule has 0 saturated carbocycles. The van der Waals surface area contributed by atoms with Gasteiger partial charge >= 0.3 is 0 Å². The topological polar surface area (TPSA) is 45.4 Å². The van der Waals surface area contributed by atoms with E-state index in [1.54, 1.807) is 11.3 Å². The van der Waals surface area contributed by atoms with Gasteiger partial charge in [0.1, 0.15) is 0 Å². The van der Waals surface area contributed by atoms with E-state index in [2.05, 4.69) is 27.2 Å². The molecule has 90 valence electrons. The van der Waals surface area contributed by atoms with E-state index in [9.17, 15) is 0 Å². The van der Waals surface area contributed by atoms with Crippen molar-refractivity contribution >= 4 is 16.5 Å². The van der Waals surface area contributed by atoms with Crippen molar-refractivity contribution in [3.8, 4) is 0 Å². The van der Waals surface area contributed by atoms with Gasteiger partial charge < -0.3 is 15.5 Å². The number of hydrogen-bond acceptors (Lipinski definition) is 5. The van der Waals surface area contributed by atoms with Crippen LogP contribution in [-0.2, 0) is 5.54 Å². The van der Waals surface area contributed by atoms with Gasteiger partial charge in [0.2, 0.25) is 0 Å². The van der Waals surface area contributed by atoms with E-state index in [1.165, 1.54) is 0 Å². The van der Waals surface area contributed by atoms with Crippen LogP contribution < -0.4 is 10.6 Å². The Labute approximate surface area is 101 Å². The van der Waals surface area contributed by atoms with Crippen molar-refractivity contribution in [2.75, 3.05) is 38.1 Å². The van der Waals surface area contributed by atoms with Crippen molar-refractivity contribution in [1.29, 1.82) is 0 Å². The third-order valence-electron chi connectivity index (χ3n) is 2.93. The maximum absolute atomic E-state index is 6.04. The van der Waals surface area contributed by atoms with E-state index in [4.69, 9.17) is 5.73 Å². The minimum atomic E-state index is -0.332. The maximum atomic E-state index is 6.04. The Balaban J connectivity index is 2.08. The Bertz CT molecular complexity index is 347. The summed E-state index contributed by atoms with van der Waals surface area (Å²) in [4.78, 5) is 9.32. The largest absolute Gasteiger partial charge is 0.346 e. The molecule has 1 aromatic heterocycles. The standard InChI is InChI=1S/C11H20N4S/c1-11(2,12)9-8-16-10(13-9)15-6-4-14(3)5-7-15/h8H,4-7,12H2,1-3H3. The van der Waals surface area contributed by atoms with Gasteiger partial charge in [0.25, 0.3) is 0 Å². The molecule has 2 rings (SSSR count). The van der Waals surface area contributed by atoms with Crippen LogP contribution >= 0.6 is 11.3 Å². The quantitative estimate of drug-likeness (QED) is 0.840. The first-order chi connectivity index (χ1) is 7.47. The summed E-state index contributed by atoms with van der Waals surface area (Å²) in [5.74, 6) is 0. The number of anilines is 1. The summed E-state index contributed by atoms with van der Waals surface area (Å²) in [7, 11) is 2.16. The van der Waals surface area contributed by atoms with Gasteiger partial charge in [-0.05, 0) is 20.9 Å². The molecule has 1 saturated heterocycles. The summed E-state index contributed by atoms with van der Waals surface area (Å²) in [5, 5.41) is 3.19. The zero-order valence-electron chi connectivity index (χ0n) is 10.2. The smallest absolute Gasteiger partial charge is 0.185 e. The summed E-state index contributed by atoms with van der Waals surface area (Å²) >= 11 is 1.70. The van der Waals surface area contributed by atoms with E-state index in [0.717, 1.165) is 37.0 Å². The van der Waals surface area contributed by atoms with E-state index in [1.807, 2.05) is 13.8 Å². The number of aromatic nitrogens is 1. The van der Waals surface area contributed by atoms with Gasteiger partial charge in [-0.15, -0.1) is 11.3 Å². The molecule has 4 nitrogen and oxygen atoms in total. The van der Waals surface area contributed by atoms with Crippen LogP contribution in [0.25, 0.3) is 0 Å². The highest BCUT2D eigenvalue weighted by atomic mass is 32.1. The van der Waals surface area contributed by atoms with E-state index >= 15 is 0 Å². The number of piperazine rings is 1. The molecule has 0 atom stereocenters. The molecule has 1 aliphatic rings. The predicted molar refractivity (Wildman–Crippen MR) is 69.0 cm³/mol. The van der Waals surface area contributed by atoms with Crippen molar-refractivity contribution in [3.05, 3.63) is 11.1 Å². The molecule has 0 radical (unpaired) electrons. The Morgan fingerprint density at radius 3 is 2.44 bits per heavy atom. The molecule has 0 aliphatic carbocycles. The number of likely N-dealkylation sites (N-methyl/N-ethyl adjacent to an activating group) is 1. The number of thiazole rings is 1. The molecule has 1 fully saturated rings. The van der Waals surface area contributed by atoms with Crippen LogP contribution in [0.4, 0.5) is 5.13 Å². The van der Waals surface area contributed by atoms with Gasteiger partial charge in [0.05, 0.1) is 11.2 Å². The molecule has 1 aromatic rings. The Hall–Kier alpha value is -0.650. The normalized spacial score (nSPS) is 19.1. The van der Waals surface area contributed by atoms with Crippen LogP contribution in [0.15, 0.2) is 5.38 Å². The lowest BCUT2D eigenvalue weighted by Crippen LogP contribution is -2.44. The summed E-state index contributed by atoms with van der Waals surface area (Å²) in [6.45, 7) is 8.34. The Morgan fingerprint density at radius 2 is 1.94 bits per heavy atom. The summed E-state index contributed by atoms with van der Waals surface area (Å²) in [6.07, 6.45) is 0. The molecular formula is C11H20N4S. The maximum Gasteiger partial charge on any atom is 0.185 e. The molecule has 2 N–H and O–H groups in total. The van der Waals surface area contributed by atoms with Gasteiger partial charge in [-0.25, -0.2) is 4.98 Å². The van der Waals surface area contributed by atoms with Crippen molar-refractivity contribution in [1.82, 2.24) is 9.88 Å². The average Bonchev–Trinajstić information content (AvgIpc) is 2.67. The lowest BCUT2D eigenvalue weighted by Gasteiger charge is -2.32. The SMILES string of the molecule is CN1CCN(c2nc(C(C)(C)N)cs2)CC1. The number of hydrogen-bond donors (Lipinski definition) is 1. The second kappa shape index (κ2) is 4.31. The van der Waals surface area contributed by atoms with Crippen LogP contribution in [-0.4, -0.2) is 43.1 Å². The van der Waals surface area contributed by atoms with E-state index in [0.29, 0.717) is 0 Å². The fourth-order valence-electron chi connectivity index (χ4n) is 1.70. The summed E-state index contributed by atoms with van der Waals surface area (Å²) in [6, 6.07) is 0. The fourth-order valence-corrected chi connectivity index (χ4v) is 2.76. The summed E-state index contributed by atoms with van der Waals surface area (Å²) in [5.41, 5.74) is 6.70. The van der Waals surface area contributed by atoms with Gasteiger partial charge in [-0.2, -0.15) is 0 Å². The second-order valence-corrected chi connectivity index (χ2v) is 5.86. The highest BCUT2D eigenvalue weighted by Gasteiger charge is 2.21. The first kappa shape index (κ1) is 11.8. The monoisotopic (exact) mass is 240 g/mol. The fraction of sp³-hybridized carbons (Fsp3) is 0.727. The molecule has 0 amide bonds. The minimum Gasteiger partial charge on any atom is -0.346 e. The first-order valence-electron chi connectivity index (χ1n) is 5.65. The summed E-state index contributed by atoms with van der Waals surface area (Å²) < 4.78 is 0. The zero-order chi connectivity index (χ0) is 11.8. The number of rotatable bonds is 2. The van der Waals surface area contributed by atoms with Gasteiger partial charge in [0, 0.05) is 31.6 Å². The lowest BCUT2D eigenvalue weighted by molar-refractivity contribution is 0.312. The third kappa shape index (κ3) is 2.53. The van der Waals surface area contributed by atoms with Gasteiger partial charge in [-0.3, -0.25) is 0 Å². The van der Waals surface area contributed by atoms with Crippen molar-refractivity contribution in [2.45, 2.75) is 19.4 Å². The van der Waals surface area contributed by atoms with Crippen LogP contribution in [0.3, 0.4) is 0 Å². The number of nitrogens with zero attached hydrogens (tertiary/aromatic N) is 3. The zero-order valence-corrected chi connectivity index (χ0v) is 11.0. The Morgan fingerprint density at radius 1 is 1.31 bits per heavy atom. The van der Waals surface area contributed by atoms with Crippen molar-refractivity contribution < 1.29 is 0 Å². The van der Waals surface area contributed by atoms with Crippen LogP contribution in [0.2, 0.25) is 0 Å².